The van der Waals surface area contributed by atoms with Gasteiger partial charge in [0.1, 0.15) is 0 Å². The van der Waals surface area contributed by atoms with Crippen LogP contribution in [0, 0.1) is 0 Å². The molecule has 14 heavy (non-hydrogen) atoms. The lowest BCUT2D eigenvalue weighted by Crippen LogP contribution is -2.43. The van der Waals surface area contributed by atoms with Crippen LogP contribution in [0.2, 0.25) is 0 Å². The molecule has 0 amide bonds. The number of aliphatic hydroxyl groups is 1. The predicted octanol–water partition coefficient (Wildman–Crippen LogP) is 1.23. The number of likely N-dealkylation sites (N-methyl/N-ethyl adjacent to an activating group) is 1. The van der Waals surface area contributed by atoms with Gasteiger partial charge in [0.15, 0.2) is 0 Å². The van der Waals surface area contributed by atoms with Crippen molar-refractivity contribution < 1.29 is 5.11 Å². The zero-order valence-electron chi connectivity index (χ0n) is 9.49. The fourth-order valence-electron chi connectivity index (χ4n) is 1.24. The molecule has 0 aromatic carbocycles. The molecule has 0 fully saturated rings. The average molecular weight is 196 g/mol. The third kappa shape index (κ3) is 2.36. The first-order chi connectivity index (χ1) is 6.47. The topological polar surface area (TPSA) is 28.4 Å². The third-order valence-corrected chi connectivity index (χ3v) is 2.87. The fourth-order valence-corrected chi connectivity index (χ4v) is 1.24. The Morgan fingerprint density at radius 2 is 2.14 bits per heavy atom. The molecule has 0 radical (unpaired) electrons. The second kappa shape index (κ2) is 4.15. The van der Waals surface area contributed by atoms with Crippen molar-refractivity contribution in [3.05, 3.63) is 24.0 Å². The number of nitrogens with zero attached hydrogens (tertiary/aromatic N) is 2. The molecule has 3 nitrogen and oxygen atoms in total. The summed E-state index contributed by atoms with van der Waals surface area (Å²) in [6.45, 7) is 5.11. The smallest absolute Gasteiger partial charge is 0.0610 e. The Balaban J connectivity index is 2.66. The molecule has 0 saturated heterocycles. The van der Waals surface area contributed by atoms with E-state index in [9.17, 15) is 5.11 Å². The lowest BCUT2D eigenvalue weighted by Gasteiger charge is -2.33. The molecule has 1 N–H and O–H groups in total. The van der Waals surface area contributed by atoms with Crippen LogP contribution in [-0.4, -0.2) is 33.8 Å². The van der Waals surface area contributed by atoms with Gasteiger partial charge in [-0.3, -0.25) is 4.90 Å². The lowest BCUT2D eigenvalue weighted by molar-refractivity contribution is 0.0718. The van der Waals surface area contributed by atoms with Crippen molar-refractivity contribution in [2.45, 2.75) is 25.9 Å². The first kappa shape index (κ1) is 11.3. The van der Waals surface area contributed by atoms with Crippen LogP contribution in [-0.2, 0) is 13.6 Å². The van der Waals surface area contributed by atoms with E-state index in [0.29, 0.717) is 0 Å². The van der Waals surface area contributed by atoms with Crippen LogP contribution in [0.15, 0.2) is 18.3 Å². The van der Waals surface area contributed by atoms with Crippen LogP contribution in [0.5, 0.6) is 0 Å². The van der Waals surface area contributed by atoms with E-state index in [0.717, 1.165) is 6.54 Å². The largest absolute Gasteiger partial charge is 0.394 e. The number of aliphatic hydroxyl groups excluding tert-OH is 1. The molecule has 80 valence electrons. The quantitative estimate of drug-likeness (QED) is 0.784. The minimum Gasteiger partial charge on any atom is -0.394 e. The molecule has 0 spiro atoms. The maximum Gasteiger partial charge on any atom is 0.0610 e. The van der Waals surface area contributed by atoms with Crippen molar-refractivity contribution in [2.75, 3.05) is 13.7 Å². The van der Waals surface area contributed by atoms with Gasteiger partial charge in [0.05, 0.1) is 6.61 Å². The second-order valence-electron chi connectivity index (χ2n) is 4.44. The van der Waals surface area contributed by atoms with Crippen molar-refractivity contribution in [3.63, 3.8) is 0 Å². The van der Waals surface area contributed by atoms with Gasteiger partial charge in [-0.25, -0.2) is 0 Å². The molecule has 0 aliphatic carbocycles. The van der Waals surface area contributed by atoms with Crippen LogP contribution in [0.1, 0.15) is 19.5 Å². The highest BCUT2D eigenvalue weighted by Gasteiger charge is 2.22. The molecule has 0 atom stereocenters. The summed E-state index contributed by atoms with van der Waals surface area (Å²) in [5.41, 5.74) is 1.10. The summed E-state index contributed by atoms with van der Waals surface area (Å²) in [6.07, 6.45) is 2.04. The van der Waals surface area contributed by atoms with Crippen molar-refractivity contribution in [1.82, 2.24) is 9.47 Å². The van der Waals surface area contributed by atoms with Crippen LogP contribution in [0.25, 0.3) is 0 Å². The van der Waals surface area contributed by atoms with E-state index in [4.69, 9.17) is 0 Å². The van der Waals surface area contributed by atoms with E-state index in [1.54, 1.807) is 0 Å². The van der Waals surface area contributed by atoms with E-state index in [1.165, 1.54) is 5.69 Å². The molecular formula is C11H20N2O. The summed E-state index contributed by atoms with van der Waals surface area (Å²) in [5.74, 6) is 0. The molecule has 0 unspecified atom stereocenters. The van der Waals surface area contributed by atoms with Gasteiger partial charge in [-0.05, 0) is 33.0 Å². The summed E-state index contributed by atoms with van der Waals surface area (Å²) >= 11 is 0. The van der Waals surface area contributed by atoms with Crippen molar-refractivity contribution >= 4 is 0 Å². The first-order valence-electron chi connectivity index (χ1n) is 4.89. The van der Waals surface area contributed by atoms with Crippen LogP contribution in [0.4, 0.5) is 0 Å². The zero-order valence-corrected chi connectivity index (χ0v) is 9.49. The Morgan fingerprint density at radius 3 is 2.57 bits per heavy atom. The van der Waals surface area contributed by atoms with Gasteiger partial charge in [0.25, 0.3) is 0 Å². The SMILES string of the molecule is CN(Cc1cccn1C)C(C)(C)CO. The Morgan fingerprint density at radius 1 is 1.50 bits per heavy atom. The van der Waals surface area contributed by atoms with E-state index >= 15 is 0 Å². The maximum atomic E-state index is 9.21. The van der Waals surface area contributed by atoms with Gasteiger partial charge in [0, 0.05) is 31.0 Å². The van der Waals surface area contributed by atoms with Gasteiger partial charge < -0.3 is 9.67 Å². The summed E-state index contributed by atoms with van der Waals surface area (Å²) in [4.78, 5) is 2.16. The highest BCUT2D eigenvalue weighted by Crippen LogP contribution is 2.14. The normalized spacial score (nSPS) is 12.4. The fraction of sp³-hybridized carbons (Fsp3) is 0.636. The minimum atomic E-state index is -0.162. The summed E-state index contributed by atoms with van der Waals surface area (Å²) in [7, 11) is 4.07. The number of rotatable bonds is 4. The molecular weight excluding hydrogens is 176 g/mol. The number of hydrogen-bond acceptors (Lipinski definition) is 2. The molecule has 0 saturated carbocycles. The Labute approximate surface area is 86.0 Å². The van der Waals surface area contributed by atoms with Crippen LogP contribution < -0.4 is 0 Å². The standard InChI is InChI=1S/C11H20N2O/c1-11(2,9-14)13(4)8-10-6-5-7-12(10)3/h5-7,14H,8-9H2,1-4H3. The Bertz CT molecular complexity index is 291. The van der Waals surface area contributed by atoms with Crippen molar-refractivity contribution in [1.29, 1.82) is 0 Å². The zero-order chi connectivity index (χ0) is 10.8. The molecule has 1 aromatic heterocycles. The van der Waals surface area contributed by atoms with Gasteiger partial charge in [-0.1, -0.05) is 0 Å². The van der Waals surface area contributed by atoms with Gasteiger partial charge in [-0.15, -0.1) is 0 Å². The Kier molecular flexibility index (Phi) is 3.34. The number of hydrogen-bond donors (Lipinski definition) is 1. The van der Waals surface area contributed by atoms with Gasteiger partial charge >= 0.3 is 0 Å². The second-order valence-corrected chi connectivity index (χ2v) is 4.44. The molecule has 3 heteroatoms. The number of aryl methyl sites for hydroxylation is 1. The van der Waals surface area contributed by atoms with Crippen LogP contribution in [0.3, 0.4) is 0 Å². The summed E-state index contributed by atoms with van der Waals surface area (Å²) in [6, 6.07) is 4.14. The maximum absolute atomic E-state index is 9.21. The molecule has 1 rings (SSSR count). The number of aromatic nitrogens is 1. The Hall–Kier alpha value is -0.800. The van der Waals surface area contributed by atoms with Gasteiger partial charge in [-0.2, -0.15) is 0 Å². The average Bonchev–Trinajstić information content (AvgIpc) is 2.52. The molecule has 0 aliphatic heterocycles. The molecule has 0 aliphatic rings. The monoisotopic (exact) mass is 196 g/mol. The summed E-state index contributed by atoms with van der Waals surface area (Å²) < 4.78 is 2.10. The predicted molar refractivity (Wildman–Crippen MR) is 58.0 cm³/mol. The molecule has 1 aromatic rings. The van der Waals surface area contributed by atoms with Crippen LogP contribution >= 0.6 is 0 Å². The highest BCUT2D eigenvalue weighted by molar-refractivity contribution is 5.06. The van der Waals surface area contributed by atoms with Crippen molar-refractivity contribution in [2.24, 2.45) is 7.05 Å². The third-order valence-electron chi connectivity index (χ3n) is 2.87. The van der Waals surface area contributed by atoms with E-state index in [2.05, 4.69) is 15.5 Å². The van der Waals surface area contributed by atoms with E-state index < -0.39 is 0 Å². The van der Waals surface area contributed by atoms with E-state index in [1.807, 2.05) is 40.2 Å². The van der Waals surface area contributed by atoms with E-state index in [-0.39, 0.29) is 12.1 Å². The first-order valence-corrected chi connectivity index (χ1v) is 4.89. The molecule has 1 heterocycles. The summed E-state index contributed by atoms with van der Waals surface area (Å²) in [5, 5.41) is 9.21. The highest BCUT2D eigenvalue weighted by atomic mass is 16.3. The van der Waals surface area contributed by atoms with Crippen molar-refractivity contribution in [3.8, 4) is 0 Å². The van der Waals surface area contributed by atoms with Gasteiger partial charge in [0.2, 0.25) is 0 Å². The lowest BCUT2D eigenvalue weighted by atomic mass is 10.1. The molecule has 0 bridgehead atoms. The minimum absolute atomic E-state index is 0.162.